The molecule has 0 bridgehead atoms. The van der Waals surface area contributed by atoms with Gasteiger partial charge in [-0.15, -0.1) is 8.07 Å². The smallest absolute Gasteiger partial charge is 0.577 e. The van der Waals surface area contributed by atoms with E-state index in [1.165, 1.54) is 43.4 Å². The van der Waals surface area contributed by atoms with Crippen molar-refractivity contribution in [2.45, 2.75) is 68.1 Å². The number of halogens is 4. The number of rotatable bonds is 0. The van der Waals surface area contributed by atoms with Gasteiger partial charge in [0.15, 0.2) is 0 Å². The van der Waals surface area contributed by atoms with Gasteiger partial charge < -0.3 is 34.3 Å². The Morgan fingerprint density at radius 1 is 0.759 bits per heavy atom. The zero-order chi connectivity index (χ0) is 24.3. The molecule has 5 radical (unpaired) electrons. The predicted molar refractivity (Wildman–Crippen MR) is 113 cm³/mol. The van der Waals surface area contributed by atoms with Crippen molar-refractivity contribution in [1.29, 1.82) is 10.5 Å². The molecular weight excluding hydrogens is 573 g/mol. The van der Waals surface area contributed by atoms with Crippen LogP contribution in [0.1, 0.15) is 48.5 Å². The van der Waals surface area contributed by atoms with Crippen LogP contribution in [-0.4, -0.2) is 15.3 Å². The molecule has 1 fully saturated rings. The Kier molecular flexibility index (Phi) is 34.4. The van der Waals surface area contributed by atoms with E-state index in [0.29, 0.717) is 0 Å². The van der Waals surface area contributed by atoms with Gasteiger partial charge in [0.1, 0.15) is 0 Å². The van der Waals surface area contributed by atoms with Crippen LogP contribution < -0.4 is 0 Å². The fraction of sp³-hybridized carbons (Fsp3) is 0.556. The van der Waals surface area contributed by atoms with Gasteiger partial charge in [-0.05, 0) is 29.6 Å². The van der Waals surface area contributed by atoms with E-state index < -0.39 is 15.3 Å². The molecule has 4 nitrogen and oxygen atoms in total. The minimum atomic E-state index is -6.00. The van der Waals surface area contributed by atoms with Crippen LogP contribution in [0.4, 0.5) is 17.3 Å². The molecule has 167 valence electrons. The van der Waals surface area contributed by atoms with E-state index in [1.807, 2.05) is 0 Å². The summed E-state index contributed by atoms with van der Waals surface area (Å²) in [7, 11) is -6.86. The first kappa shape index (κ1) is 42.4. The van der Waals surface area contributed by atoms with Gasteiger partial charge >= 0.3 is 28.3 Å². The van der Waals surface area contributed by atoms with Crippen LogP contribution in [0.2, 0.25) is 19.6 Å². The molecule has 0 aliphatic heterocycles. The molecule has 11 heteroatoms. The summed E-state index contributed by atoms with van der Waals surface area (Å²) >= 11 is 0. The van der Waals surface area contributed by atoms with Crippen molar-refractivity contribution in [3.05, 3.63) is 46.6 Å². The number of hydrogen-bond acceptors (Lipinski definition) is 3. The van der Waals surface area contributed by atoms with E-state index in [-0.39, 0.29) is 21.1 Å². The molecule has 1 aliphatic rings. The van der Waals surface area contributed by atoms with Crippen molar-refractivity contribution in [2.24, 2.45) is 0 Å². The van der Waals surface area contributed by atoms with Crippen molar-refractivity contribution < 1.29 is 38.3 Å². The maximum Gasteiger partial charge on any atom is 2.00 e. The largest absolute Gasteiger partial charge is 2.00 e. The minimum absolute atomic E-state index is 0. The molecule has 0 atom stereocenters. The monoisotopic (exact) mass is 605 g/mol. The summed E-state index contributed by atoms with van der Waals surface area (Å²) in [6.45, 7) is 24.4. The second kappa shape index (κ2) is 23.5. The first-order valence-electron chi connectivity index (χ1n) is 8.11. The van der Waals surface area contributed by atoms with Crippen LogP contribution in [-0.2, 0) is 21.1 Å². The average molecular weight is 605 g/mol. The van der Waals surface area contributed by atoms with E-state index in [0.717, 1.165) is 0 Å². The molecule has 0 aromatic heterocycles. The maximum absolute atomic E-state index is 9.75. The summed E-state index contributed by atoms with van der Waals surface area (Å²) in [6.07, 6.45) is 0. The Balaban J connectivity index is -0.0000000604. The van der Waals surface area contributed by atoms with E-state index >= 15 is 0 Å². The van der Waals surface area contributed by atoms with Gasteiger partial charge in [0, 0.05) is 13.8 Å². The number of hydrogen-bond donors (Lipinski definition) is 0. The first-order valence-corrected chi connectivity index (χ1v) is 11.8. The normalized spacial score (nSPS) is 14.7. The van der Waals surface area contributed by atoms with Gasteiger partial charge in [-0.25, -0.2) is 0 Å². The van der Waals surface area contributed by atoms with Gasteiger partial charge in [-0.1, -0.05) is 54.3 Å². The van der Waals surface area contributed by atoms with E-state index in [2.05, 4.69) is 60.8 Å². The van der Waals surface area contributed by atoms with Gasteiger partial charge in [-0.2, -0.15) is 10.5 Å². The molecule has 0 unspecified atom stereocenters. The number of nitriles is 2. The molecule has 0 aromatic carbocycles. The van der Waals surface area contributed by atoms with Crippen LogP contribution in [0, 0.1) is 63.7 Å². The summed E-state index contributed by atoms with van der Waals surface area (Å²) in [5, 5.41) is 14.6. The summed E-state index contributed by atoms with van der Waals surface area (Å²) in [4.78, 5) is 7.25. The number of nitrogens with zero attached hydrogens (tertiary/aromatic N) is 3. The van der Waals surface area contributed by atoms with Crippen molar-refractivity contribution in [2.75, 3.05) is 0 Å². The number of nitroso groups, excluding NO2 is 1. The third-order valence-corrected chi connectivity index (χ3v) is 2.81. The molecule has 0 saturated heterocycles. The van der Waals surface area contributed by atoms with Crippen LogP contribution in [0.5, 0.6) is 0 Å². The Morgan fingerprint density at radius 2 is 0.793 bits per heavy atom. The topological polar surface area (TPSA) is 86.9 Å². The Hall–Kier alpha value is -0.730. The SMILES string of the molecule is CC#N.CC#N.C[C]1[C](C)[C](C)[C](C)[C]1C.F[B-](F)(F)F.[CH2-][Si](C)(C)C.[N-]=O.[W+2]. The van der Waals surface area contributed by atoms with Gasteiger partial charge in [0.25, 0.3) is 0 Å². The Morgan fingerprint density at radius 3 is 0.828 bits per heavy atom. The van der Waals surface area contributed by atoms with Crippen LogP contribution >= 0.6 is 0 Å². The second-order valence-electron chi connectivity index (χ2n) is 6.63. The molecule has 0 spiro atoms. The molecule has 0 amide bonds. The third kappa shape index (κ3) is 46.9. The fourth-order valence-electron chi connectivity index (χ4n) is 1.41. The van der Waals surface area contributed by atoms with E-state index in [1.54, 1.807) is 12.1 Å². The van der Waals surface area contributed by atoms with Crippen molar-refractivity contribution in [1.82, 2.24) is 0 Å². The molecule has 0 aromatic rings. The quantitative estimate of drug-likeness (QED) is 0.164. The molecular formula is C18H32BF4N3OSiW-. The summed E-state index contributed by atoms with van der Waals surface area (Å²) in [5.74, 6) is 7.34. The molecule has 0 N–H and O–H groups in total. The molecule has 29 heavy (non-hydrogen) atoms. The zero-order valence-corrected chi connectivity index (χ0v) is 22.9. The Bertz CT molecular complexity index is 360. The second-order valence-corrected chi connectivity index (χ2v) is 11.7. The molecule has 1 saturated carbocycles. The Labute approximate surface area is 191 Å². The first-order chi connectivity index (χ1) is 12.4. The van der Waals surface area contributed by atoms with E-state index in [4.69, 9.17) is 21.0 Å². The predicted octanol–water partition coefficient (Wildman–Crippen LogP) is 7.35. The van der Waals surface area contributed by atoms with Crippen LogP contribution in [0.15, 0.2) is 0 Å². The standard InChI is InChI=1S/C10H15.C4H11Si.2C2H3N.BF4.NO.W/c1-6-7(2)9(4)10(5)8(6)3;1-5(2,3)4;2*1-2-3;2-1(3,4)5;1-2;/h1-5H3;1H2,2-4H3;2*1H3;;;/q;-1;;;2*-1;+2. The van der Waals surface area contributed by atoms with Gasteiger partial charge in [0.2, 0.25) is 0 Å². The van der Waals surface area contributed by atoms with Gasteiger partial charge in [-0.3, -0.25) is 0 Å². The van der Waals surface area contributed by atoms with Gasteiger partial charge in [0.05, 0.1) is 12.1 Å². The van der Waals surface area contributed by atoms with Crippen LogP contribution in [0.25, 0.3) is 5.59 Å². The van der Waals surface area contributed by atoms with E-state index in [9.17, 15) is 17.3 Å². The van der Waals surface area contributed by atoms with Crippen LogP contribution in [0.3, 0.4) is 0 Å². The summed E-state index contributed by atoms with van der Waals surface area (Å²) < 4.78 is 39.0. The fourth-order valence-corrected chi connectivity index (χ4v) is 1.41. The maximum atomic E-state index is 9.75. The average Bonchev–Trinajstić information content (AvgIpc) is 2.66. The van der Waals surface area contributed by atoms with Crippen molar-refractivity contribution >= 4 is 15.3 Å². The minimum Gasteiger partial charge on any atom is -0.577 e. The zero-order valence-electron chi connectivity index (χ0n) is 19.0. The third-order valence-electron chi connectivity index (χ3n) is 2.81. The molecule has 1 rings (SSSR count). The summed E-state index contributed by atoms with van der Waals surface area (Å²) in [6, 6.07) is 3.50. The van der Waals surface area contributed by atoms with Crippen molar-refractivity contribution in [3.63, 3.8) is 0 Å². The molecule has 1 aliphatic carbocycles. The molecule has 0 heterocycles. The van der Waals surface area contributed by atoms with Crippen molar-refractivity contribution in [3.8, 4) is 12.1 Å². The summed E-state index contributed by atoms with van der Waals surface area (Å²) in [5.41, 5.74) is 5.75.